The molecule has 0 radical (unpaired) electrons. The summed E-state index contributed by atoms with van der Waals surface area (Å²) in [5.41, 5.74) is 0.752. The number of halogens is 2. The van der Waals surface area contributed by atoms with E-state index in [0.717, 1.165) is 0 Å². The second-order valence-corrected chi connectivity index (χ2v) is 3.58. The molecule has 76 valence electrons. The fourth-order valence-electron chi connectivity index (χ4n) is 1.16. The Labute approximate surface area is 95.6 Å². The van der Waals surface area contributed by atoms with Gasteiger partial charge in [0.2, 0.25) is 0 Å². The lowest BCUT2D eigenvalue weighted by atomic mass is 10.1. The van der Waals surface area contributed by atoms with E-state index in [0.29, 0.717) is 16.3 Å². The second kappa shape index (κ2) is 4.04. The van der Waals surface area contributed by atoms with Gasteiger partial charge in [-0.3, -0.25) is 4.79 Å². The first-order valence-corrected chi connectivity index (χ1v) is 4.85. The number of benzene rings is 1. The van der Waals surface area contributed by atoms with Crippen LogP contribution in [0.2, 0.25) is 5.02 Å². The summed E-state index contributed by atoms with van der Waals surface area (Å²) < 4.78 is 4.95. The fourth-order valence-corrected chi connectivity index (χ4v) is 1.47. The first-order chi connectivity index (χ1) is 7.18. The predicted octanol–water partition coefficient (Wildman–Crippen LogP) is 3.37. The van der Waals surface area contributed by atoms with Crippen LogP contribution in [0.25, 0.3) is 11.3 Å². The molecule has 0 saturated carbocycles. The average molecular weight is 242 g/mol. The smallest absolute Gasteiger partial charge is 0.274 e. The first-order valence-electron chi connectivity index (χ1n) is 4.10. The number of carbonyl (C=O) groups is 1. The Morgan fingerprint density at radius 1 is 1.33 bits per heavy atom. The lowest BCUT2D eigenvalue weighted by Crippen LogP contribution is -1.85. The highest BCUT2D eigenvalue weighted by molar-refractivity contribution is 6.67. The molecule has 0 N–H and O–H groups in total. The fraction of sp³-hybridized carbons (Fsp3) is 0. The molecule has 0 aliphatic carbocycles. The van der Waals surface area contributed by atoms with Crippen LogP contribution in [-0.2, 0) is 0 Å². The molecule has 3 nitrogen and oxygen atoms in total. The normalized spacial score (nSPS) is 10.3. The molecular formula is C10H5Cl2NO2. The summed E-state index contributed by atoms with van der Waals surface area (Å²) in [6.07, 6.45) is 0. The zero-order valence-electron chi connectivity index (χ0n) is 7.41. The maximum atomic E-state index is 10.8. The third kappa shape index (κ3) is 2.03. The Morgan fingerprint density at radius 3 is 2.67 bits per heavy atom. The van der Waals surface area contributed by atoms with Crippen molar-refractivity contribution in [2.24, 2.45) is 0 Å². The van der Waals surface area contributed by atoms with Gasteiger partial charge in [0.25, 0.3) is 5.24 Å². The molecule has 0 unspecified atom stereocenters. The van der Waals surface area contributed by atoms with Gasteiger partial charge in [-0.2, -0.15) is 0 Å². The summed E-state index contributed by atoms with van der Waals surface area (Å²) in [5.74, 6) is 0.421. The molecule has 0 fully saturated rings. The number of carbonyl (C=O) groups excluding carboxylic acids is 1. The van der Waals surface area contributed by atoms with Crippen LogP contribution in [0.15, 0.2) is 34.9 Å². The van der Waals surface area contributed by atoms with E-state index >= 15 is 0 Å². The number of hydrogen-bond donors (Lipinski definition) is 0. The van der Waals surface area contributed by atoms with E-state index in [1.807, 2.05) is 6.07 Å². The van der Waals surface area contributed by atoms with Gasteiger partial charge in [-0.25, -0.2) is 0 Å². The van der Waals surface area contributed by atoms with Gasteiger partial charge in [-0.05, 0) is 23.7 Å². The Balaban J connectivity index is 2.46. The van der Waals surface area contributed by atoms with E-state index in [2.05, 4.69) is 5.16 Å². The summed E-state index contributed by atoms with van der Waals surface area (Å²) in [7, 11) is 0. The van der Waals surface area contributed by atoms with E-state index in [1.165, 1.54) is 6.07 Å². The lowest BCUT2D eigenvalue weighted by molar-refractivity contribution is 0.107. The molecule has 0 amide bonds. The Hall–Kier alpha value is -1.32. The van der Waals surface area contributed by atoms with Crippen LogP contribution in [0.5, 0.6) is 0 Å². The Kier molecular flexibility index (Phi) is 2.75. The molecular weight excluding hydrogens is 237 g/mol. The topological polar surface area (TPSA) is 43.1 Å². The van der Waals surface area contributed by atoms with Crippen LogP contribution < -0.4 is 0 Å². The van der Waals surface area contributed by atoms with Crippen LogP contribution in [0.1, 0.15) is 10.5 Å². The quantitative estimate of drug-likeness (QED) is 0.758. The monoisotopic (exact) mass is 241 g/mol. The Morgan fingerprint density at radius 2 is 2.07 bits per heavy atom. The maximum Gasteiger partial charge on any atom is 0.274 e. The minimum absolute atomic E-state index is 0.0755. The molecule has 0 saturated heterocycles. The van der Waals surface area contributed by atoms with Crippen molar-refractivity contribution in [3.8, 4) is 11.3 Å². The highest BCUT2D eigenvalue weighted by Crippen LogP contribution is 2.28. The summed E-state index contributed by atoms with van der Waals surface area (Å²) in [5, 5.41) is 3.39. The van der Waals surface area contributed by atoms with E-state index in [4.69, 9.17) is 27.7 Å². The predicted molar refractivity (Wildman–Crippen MR) is 57.1 cm³/mol. The molecule has 5 heteroatoms. The number of aromatic nitrogens is 1. The molecule has 1 heterocycles. The first kappa shape index (κ1) is 10.2. The minimum atomic E-state index is -0.656. The van der Waals surface area contributed by atoms with E-state index in [9.17, 15) is 4.79 Å². The SMILES string of the molecule is O=C(Cl)c1cc(-c2ccccc2Cl)on1. The molecule has 1 aromatic heterocycles. The third-order valence-electron chi connectivity index (χ3n) is 1.85. The van der Waals surface area contributed by atoms with Crippen molar-refractivity contribution in [2.45, 2.75) is 0 Å². The van der Waals surface area contributed by atoms with Crippen molar-refractivity contribution < 1.29 is 9.32 Å². The largest absolute Gasteiger partial charge is 0.355 e. The van der Waals surface area contributed by atoms with Gasteiger partial charge in [-0.15, -0.1) is 0 Å². The second-order valence-electron chi connectivity index (χ2n) is 2.83. The molecule has 15 heavy (non-hydrogen) atoms. The molecule has 0 atom stereocenters. The van der Waals surface area contributed by atoms with Gasteiger partial charge < -0.3 is 4.52 Å². The molecule has 1 aromatic carbocycles. The van der Waals surface area contributed by atoms with Crippen LogP contribution in [-0.4, -0.2) is 10.4 Å². The highest BCUT2D eigenvalue weighted by Gasteiger charge is 2.12. The maximum absolute atomic E-state index is 10.8. The standard InChI is InChI=1S/C10H5Cl2NO2/c11-7-4-2-1-3-6(7)9-5-8(10(12)14)13-15-9/h1-5H. The molecule has 0 aliphatic rings. The summed E-state index contributed by atoms with van der Waals surface area (Å²) in [6, 6.07) is 8.56. The van der Waals surface area contributed by atoms with Crippen LogP contribution >= 0.6 is 23.2 Å². The number of nitrogens with zero attached hydrogens (tertiary/aromatic N) is 1. The summed E-state index contributed by atoms with van der Waals surface area (Å²) >= 11 is 11.2. The molecule has 0 spiro atoms. The van der Waals surface area contributed by atoms with Gasteiger partial charge in [-0.1, -0.05) is 28.9 Å². The Bertz CT molecular complexity index is 508. The van der Waals surface area contributed by atoms with Crippen LogP contribution in [0.3, 0.4) is 0 Å². The van der Waals surface area contributed by atoms with Crippen molar-refractivity contribution in [3.05, 3.63) is 41.0 Å². The van der Waals surface area contributed by atoms with Gasteiger partial charge in [0.05, 0.1) is 5.02 Å². The zero-order valence-corrected chi connectivity index (χ0v) is 8.92. The minimum Gasteiger partial charge on any atom is -0.355 e. The van der Waals surface area contributed by atoms with Gasteiger partial charge >= 0.3 is 0 Å². The zero-order chi connectivity index (χ0) is 10.8. The average Bonchev–Trinajstić information content (AvgIpc) is 2.67. The summed E-state index contributed by atoms with van der Waals surface area (Å²) in [4.78, 5) is 10.8. The van der Waals surface area contributed by atoms with Crippen molar-refractivity contribution in [1.29, 1.82) is 0 Å². The summed E-state index contributed by atoms with van der Waals surface area (Å²) in [6.45, 7) is 0. The van der Waals surface area contributed by atoms with Crippen molar-refractivity contribution >= 4 is 28.4 Å². The molecule has 0 aliphatic heterocycles. The van der Waals surface area contributed by atoms with Crippen LogP contribution in [0.4, 0.5) is 0 Å². The van der Waals surface area contributed by atoms with Crippen molar-refractivity contribution in [1.82, 2.24) is 5.16 Å². The van der Waals surface area contributed by atoms with Gasteiger partial charge in [0, 0.05) is 11.6 Å². The molecule has 2 aromatic rings. The number of hydrogen-bond acceptors (Lipinski definition) is 3. The van der Waals surface area contributed by atoms with Crippen molar-refractivity contribution in [2.75, 3.05) is 0 Å². The van der Waals surface area contributed by atoms with Gasteiger partial charge in [0.15, 0.2) is 11.5 Å². The van der Waals surface area contributed by atoms with Gasteiger partial charge in [0.1, 0.15) is 0 Å². The van der Waals surface area contributed by atoms with Crippen LogP contribution in [0, 0.1) is 0 Å². The number of rotatable bonds is 2. The molecule has 0 bridgehead atoms. The van der Waals surface area contributed by atoms with E-state index in [-0.39, 0.29) is 5.69 Å². The van der Waals surface area contributed by atoms with E-state index < -0.39 is 5.24 Å². The highest BCUT2D eigenvalue weighted by atomic mass is 35.5. The molecule has 2 rings (SSSR count). The van der Waals surface area contributed by atoms with E-state index in [1.54, 1.807) is 18.2 Å². The lowest BCUT2D eigenvalue weighted by Gasteiger charge is -1.96. The van der Waals surface area contributed by atoms with Crippen molar-refractivity contribution in [3.63, 3.8) is 0 Å². The third-order valence-corrected chi connectivity index (χ3v) is 2.37.